The van der Waals surface area contributed by atoms with Gasteiger partial charge >= 0.3 is 0 Å². The molecular weight excluding hydrogens is 164 g/mol. The van der Waals surface area contributed by atoms with E-state index in [-0.39, 0.29) is 0 Å². The van der Waals surface area contributed by atoms with E-state index in [1.807, 2.05) is 0 Å². The molecule has 1 heterocycles. The molecule has 1 aliphatic rings. The van der Waals surface area contributed by atoms with Crippen LogP contribution in [0.25, 0.3) is 0 Å². The predicted octanol–water partition coefficient (Wildman–Crippen LogP) is 0.740. The fourth-order valence-corrected chi connectivity index (χ4v) is 1.89. The molecule has 2 atom stereocenters. The molecule has 1 saturated heterocycles. The van der Waals surface area contributed by atoms with Gasteiger partial charge in [0.05, 0.1) is 6.10 Å². The predicted molar refractivity (Wildman–Crippen MR) is 54.7 cm³/mol. The summed E-state index contributed by atoms with van der Waals surface area (Å²) in [6.45, 7) is 6.07. The van der Waals surface area contributed by atoms with E-state index in [9.17, 15) is 0 Å². The van der Waals surface area contributed by atoms with Crippen LogP contribution in [0.4, 0.5) is 0 Å². The van der Waals surface area contributed by atoms with Crippen LogP contribution in [0.3, 0.4) is 0 Å². The second-order valence-electron chi connectivity index (χ2n) is 3.71. The van der Waals surface area contributed by atoms with E-state index in [1.165, 1.54) is 6.42 Å². The van der Waals surface area contributed by atoms with Gasteiger partial charge in [0.25, 0.3) is 0 Å². The van der Waals surface area contributed by atoms with Crippen molar-refractivity contribution >= 4 is 0 Å². The Morgan fingerprint density at radius 2 is 2.38 bits per heavy atom. The van der Waals surface area contributed by atoms with Gasteiger partial charge in [-0.05, 0) is 38.3 Å². The van der Waals surface area contributed by atoms with Gasteiger partial charge in [-0.3, -0.25) is 0 Å². The van der Waals surface area contributed by atoms with E-state index in [0.29, 0.717) is 6.10 Å². The molecule has 0 aromatic rings. The molecule has 1 fully saturated rings. The van der Waals surface area contributed by atoms with Gasteiger partial charge < -0.3 is 15.8 Å². The Kier molecular flexibility index (Phi) is 5.35. The maximum Gasteiger partial charge on any atom is 0.0613 e. The van der Waals surface area contributed by atoms with Crippen molar-refractivity contribution in [3.05, 3.63) is 0 Å². The number of hydrogen-bond donors (Lipinski definition) is 2. The minimum atomic E-state index is 0.491. The first-order valence-electron chi connectivity index (χ1n) is 5.40. The van der Waals surface area contributed by atoms with Crippen LogP contribution in [-0.2, 0) is 4.74 Å². The van der Waals surface area contributed by atoms with Gasteiger partial charge in [-0.15, -0.1) is 0 Å². The highest BCUT2D eigenvalue weighted by atomic mass is 16.5. The lowest BCUT2D eigenvalue weighted by Gasteiger charge is -2.16. The van der Waals surface area contributed by atoms with Crippen LogP contribution in [0, 0.1) is 5.92 Å². The summed E-state index contributed by atoms with van der Waals surface area (Å²) in [5, 5.41) is 3.43. The Labute approximate surface area is 81.0 Å². The number of rotatable bonds is 6. The van der Waals surface area contributed by atoms with Crippen molar-refractivity contribution in [2.45, 2.75) is 32.3 Å². The van der Waals surface area contributed by atoms with E-state index < -0.39 is 0 Å². The van der Waals surface area contributed by atoms with E-state index in [2.05, 4.69) is 12.2 Å². The molecule has 2 unspecified atom stereocenters. The summed E-state index contributed by atoms with van der Waals surface area (Å²) in [4.78, 5) is 0. The first-order valence-corrected chi connectivity index (χ1v) is 5.40. The summed E-state index contributed by atoms with van der Waals surface area (Å²) < 4.78 is 5.61. The molecule has 3 nitrogen and oxygen atoms in total. The number of ether oxygens (including phenoxy) is 1. The molecule has 0 aliphatic carbocycles. The van der Waals surface area contributed by atoms with Gasteiger partial charge in [0.15, 0.2) is 0 Å². The Morgan fingerprint density at radius 3 is 3.08 bits per heavy atom. The van der Waals surface area contributed by atoms with Crippen molar-refractivity contribution in [1.29, 1.82) is 0 Å². The Morgan fingerprint density at radius 1 is 1.54 bits per heavy atom. The van der Waals surface area contributed by atoms with Crippen LogP contribution in [0.15, 0.2) is 0 Å². The van der Waals surface area contributed by atoms with Crippen LogP contribution in [0.2, 0.25) is 0 Å². The monoisotopic (exact) mass is 186 g/mol. The number of hydrogen-bond acceptors (Lipinski definition) is 3. The van der Waals surface area contributed by atoms with Gasteiger partial charge in [0.1, 0.15) is 0 Å². The van der Waals surface area contributed by atoms with Crippen molar-refractivity contribution < 1.29 is 4.74 Å². The lowest BCUT2D eigenvalue weighted by atomic mass is 10.00. The zero-order valence-electron chi connectivity index (χ0n) is 8.59. The van der Waals surface area contributed by atoms with Gasteiger partial charge in [-0.2, -0.15) is 0 Å². The lowest BCUT2D eigenvalue weighted by Crippen LogP contribution is -2.29. The van der Waals surface area contributed by atoms with E-state index in [1.54, 1.807) is 0 Å². The molecule has 3 N–H and O–H groups in total. The number of nitrogens with two attached hydrogens (primary N) is 1. The maximum absolute atomic E-state index is 5.61. The molecule has 0 radical (unpaired) electrons. The SMILES string of the molecule is CCC1OCCC1CNCCCN. The van der Waals surface area contributed by atoms with E-state index >= 15 is 0 Å². The summed E-state index contributed by atoms with van der Waals surface area (Å²) in [5.74, 6) is 0.725. The molecule has 13 heavy (non-hydrogen) atoms. The van der Waals surface area contributed by atoms with Crippen molar-refractivity contribution in [1.82, 2.24) is 5.32 Å². The topological polar surface area (TPSA) is 47.3 Å². The van der Waals surface area contributed by atoms with E-state index in [0.717, 1.165) is 45.0 Å². The van der Waals surface area contributed by atoms with Crippen LogP contribution in [-0.4, -0.2) is 32.3 Å². The minimum Gasteiger partial charge on any atom is -0.378 e. The lowest BCUT2D eigenvalue weighted by molar-refractivity contribution is 0.0873. The third-order valence-corrected chi connectivity index (χ3v) is 2.71. The van der Waals surface area contributed by atoms with Gasteiger partial charge in [-0.1, -0.05) is 6.92 Å². The third-order valence-electron chi connectivity index (χ3n) is 2.71. The van der Waals surface area contributed by atoms with Crippen LogP contribution >= 0.6 is 0 Å². The second kappa shape index (κ2) is 6.35. The van der Waals surface area contributed by atoms with Crippen LogP contribution in [0.1, 0.15) is 26.2 Å². The fraction of sp³-hybridized carbons (Fsp3) is 1.00. The fourth-order valence-electron chi connectivity index (χ4n) is 1.89. The molecule has 78 valence electrons. The average molecular weight is 186 g/mol. The normalized spacial score (nSPS) is 28.2. The summed E-state index contributed by atoms with van der Waals surface area (Å²) in [6.07, 6.45) is 3.92. The second-order valence-corrected chi connectivity index (χ2v) is 3.71. The molecule has 1 aliphatic heterocycles. The Bertz CT molecular complexity index is 130. The highest BCUT2D eigenvalue weighted by Crippen LogP contribution is 2.22. The largest absolute Gasteiger partial charge is 0.378 e. The standard InChI is InChI=1S/C10H22N2O/c1-2-10-9(4-7-13-10)8-12-6-3-5-11/h9-10,12H,2-8,11H2,1H3. The quantitative estimate of drug-likeness (QED) is 0.601. The molecule has 3 heteroatoms. The third kappa shape index (κ3) is 3.63. The Hall–Kier alpha value is -0.120. The van der Waals surface area contributed by atoms with Gasteiger partial charge in [0, 0.05) is 13.2 Å². The zero-order chi connectivity index (χ0) is 9.52. The summed E-state index contributed by atoms with van der Waals surface area (Å²) in [5.41, 5.74) is 5.41. The first kappa shape index (κ1) is 11.0. The molecule has 0 spiro atoms. The molecule has 0 bridgehead atoms. The highest BCUT2D eigenvalue weighted by molar-refractivity contribution is 4.76. The van der Waals surface area contributed by atoms with Crippen molar-refractivity contribution in [2.75, 3.05) is 26.2 Å². The summed E-state index contributed by atoms with van der Waals surface area (Å²) >= 11 is 0. The van der Waals surface area contributed by atoms with Gasteiger partial charge in [0.2, 0.25) is 0 Å². The van der Waals surface area contributed by atoms with Crippen LogP contribution in [0.5, 0.6) is 0 Å². The van der Waals surface area contributed by atoms with Crippen molar-refractivity contribution in [3.8, 4) is 0 Å². The summed E-state index contributed by atoms with van der Waals surface area (Å²) in [7, 11) is 0. The van der Waals surface area contributed by atoms with Crippen molar-refractivity contribution in [3.63, 3.8) is 0 Å². The molecule has 0 aromatic heterocycles. The van der Waals surface area contributed by atoms with E-state index in [4.69, 9.17) is 10.5 Å². The molecule has 0 amide bonds. The zero-order valence-corrected chi connectivity index (χ0v) is 8.59. The summed E-state index contributed by atoms with van der Waals surface area (Å²) in [6, 6.07) is 0. The maximum atomic E-state index is 5.61. The molecule has 0 saturated carbocycles. The smallest absolute Gasteiger partial charge is 0.0613 e. The highest BCUT2D eigenvalue weighted by Gasteiger charge is 2.25. The number of nitrogens with one attached hydrogen (secondary N) is 1. The molecule has 0 aromatic carbocycles. The Balaban J connectivity index is 2.06. The molecular formula is C10H22N2O. The van der Waals surface area contributed by atoms with Crippen molar-refractivity contribution in [2.24, 2.45) is 11.7 Å². The average Bonchev–Trinajstić information content (AvgIpc) is 2.60. The van der Waals surface area contributed by atoms with Gasteiger partial charge in [-0.25, -0.2) is 0 Å². The van der Waals surface area contributed by atoms with Crippen LogP contribution < -0.4 is 11.1 Å². The first-order chi connectivity index (χ1) is 6.38. The molecule has 1 rings (SSSR count). The minimum absolute atomic E-state index is 0.491.